The Balaban J connectivity index is 1.46. The Morgan fingerprint density at radius 1 is 1.13 bits per heavy atom. The van der Waals surface area contributed by atoms with Crippen molar-refractivity contribution in [3.63, 3.8) is 0 Å². The molecule has 0 saturated carbocycles. The standard InChI is InChI=1S/C23H24N2O3S2/c1-17(18-6-3-2-4-7-18)15-24-23(26)19-8-5-9-21(14-19)30(27,28)25-12-10-22-20(16-25)11-13-29-22/h2-9,11,13-14,17H,10,12,15-16H2,1H3,(H,24,26). The van der Waals surface area contributed by atoms with Crippen LogP contribution in [0.4, 0.5) is 0 Å². The van der Waals surface area contributed by atoms with Crippen LogP contribution in [0.25, 0.3) is 0 Å². The van der Waals surface area contributed by atoms with Gasteiger partial charge in [-0.15, -0.1) is 11.3 Å². The maximum atomic E-state index is 13.1. The second-order valence-corrected chi connectivity index (χ2v) is 10.4. The number of benzene rings is 2. The number of fused-ring (bicyclic) bond motifs is 1. The van der Waals surface area contributed by atoms with Crippen LogP contribution in [0.15, 0.2) is 70.9 Å². The molecule has 2 aromatic carbocycles. The normalized spacial score (nSPS) is 15.4. The van der Waals surface area contributed by atoms with Crippen LogP contribution in [0.1, 0.15) is 39.2 Å². The average molecular weight is 441 g/mol. The molecular weight excluding hydrogens is 416 g/mol. The van der Waals surface area contributed by atoms with Crippen LogP contribution in [0.5, 0.6) is 0 Å². The highest BCUT2D eigenvalue weighted by atomic mass is 32.2. The molecule has 1 unspecified atom stereocenters. The first-order valence-corrected chi connectivity index (χ1v) is 12.3. The topological polar surface area (TPSA) is 66.5 Å². The largest absolute Gasteiger partial charge is 0.351 e. The fourth-order valence-corrected chi connectivity index (χ4v) is 5.98. The van der Waals surface area contributed by atoms with E-state index in [1.54, 1.807) is 29.5 Å². The van der Waals surface area contributed by atoms with Crippen molar-refractivity contribution in [2.75, 3.05) is 13.1 Å². The van der Waals surface area contributed by atoms with E-state index in [0.29, 0.717) is 25.2 Å². The van der Waals surface area contributed by atoms with Crippen LogP contribution >= 0.6 is 11.3 Å². The molecule has 1 aliphatic rings. The minimum absolute atomic E-state index is 0.157. The Kier molecular flexibility index (Phi) is 6.04. The van der Waals surface area contributed by atoms with Gasteiger partial charge in [-0.3, -0.25) is 4.79 Å². The molecule has 3 aromatic rings. The summed E-state index contributed by atoms with van der Waals surface area (Å²) in [5.74, 6) is -0.108. The number of thiophene rings is 1. The molecule has 1 atom stereocenters. The smallest absolute Gasteiger partial charge is 0.251 e. The first kappa shape index (κ1) is 20.8. The Morgan fingerprint density at radius 2 is 1.93 bits per heavy atom. The number of nitrogens with zero attached hydrogens (tertiary/aromatic N) is 1. The Bertz CT molecular complexity index is 1140. The van der Waals surface area contributed by atoms with Gasteiger partial charge in [-0.25, -0.2) is 8.42 Å². The van der Waals surface area contributed by atoms with E-state index in [1.807, 2.05) is 48.7 Å². The monoisotopic (exact) mass is 440 g/mol. The van der Waals surface area contributed by atoms with Gasteiger partial charge in [0.2, 0.25) is 10.0 Å². The molecule has 2 heterocycles. The molecule has 0 fully saturated rings. The van der Waals surface area contributed by atoms with Gasteiger partial charge in [0.1, 0.15) is 0 Å². The molecule has 1 aliphatic heterocycles. The lowest BCUT2D eigenvalue weighted by molar-refractivity contribution is 0.0951. The number of carbonyl (C=O) groups excluding carboxylic acids is 1. The molecule has 0 bridgehead atoms. The van der Waals surface area contributed by atoms with Crippen molar-refractivity contribution in [1.29, 1.82) is 0 Å². The Morgan fingerprint density at radius 3 is 2.73 bits per heavy atom. The predicted octanol–water partition coefficient (Wildman–Crippen LogP) is 4.03. The first-order chi connectivity index (χ1) is 14.4. The molecule has 5 nitrogen and oxygen atoms in total. The summed E-state index contributed by atoms with van der Waals surface area (Å²) in [6.07, 6.45) is 0.726. The van der Waals surface area contributed by atoms with Gasteiger partial charge >= 0.3 is 0 Å². The molecule has 156 valence electrons. The number of sulfonamides is 1. The van der Waals surface area contributed by atoms with Gasteiger partial charge in [-0.2, -0.15) is 4.31 Å². The van der Waals surface area contributed by atoms with E-state index < -0.39 is 10.0 Å². The first-order valence-electron chi connectivity index (χ1n) is 9.94. The summed E-state index contributed by atoms with van der Waals surface area (Å²) in [4.78, 5) is 14.1. The van der Waals surface area contributed by atoms with Crippen LogP contribution in [-0.2, 0) is 23.0 Å². The van der Waals surface area contributed by atoms with Gasteiger partial charge in [0.25, 0.3) is 5.91 Å². The van der Waals surface area contributed by atoms with E-state index in [1.165, 1.54) is 15.2 Å². The summed E-state index contributed by atoms with van der Waals surface area (Å²) < 4.78 is 27.8. The summed E-state index contributed by atoms with van der Waals surface area (Å²) in [5, 5.41) is 4.92. The van der Waals surface area contributed by atoms with E-state index in [4.69, 9.17) is 0 Å². The number of carbonyl (C=O) groups is 1. The highest BCUT2D eigenvalue weighted by Gasteiger charge is 2.29. The van der Waals surface area contributed by atoms with Crippen LogP contribution in [0, 0.1) is 0 Å². The number of rotatable bonds is 6. The van der Waals surface area contributed by atoms with Crippen LogP contribution in [0.2, 0.25) is 0 Å². The quantitative estimate of drug-likeness (QED) is 0.629. The molecule has 0 saturated heterocycles. The summed E-state index contributed by atoms with van der Waals surface area (Å²) in [5.41, 5.74) is 2.57. The number of nitrogens with one attached hydrogen (secondary N) is 1. The lowest BCUT2D eigenvalue weighted by Gasteiger charge is -2.26. The maximum Gasteiger partial charge on any atom is 0.251 e. The summed E-state index contributed by atoms with van der Waals surface area (Å²) in [6.45, 7) is 3.37. The van der Waals surface area contributed by atoms with E-state index >= 15 is 0 Å². The molecule has 0 aliphatic carbocycles. The lowest BCUT2D eigenvalue weighted by Crippen LogP contribution is -2.35. The number of hydrogen-bond acceptors (Lipinski definition) is 4. The van der Waals surface area contributed by atoms with Crippen molar-refractivity contribution >= 4 is 27.3 Å². The number of hydrogen-bond donors (Lipinski definition) is 1. The van der Waals surface area contributed by atoms with Gasteiger partial charge < -0.3 is 5.32 Å². The molecule has 30 heavy (non-hydrogen) atoms. The zero-order valence-electron chi connectivity index (χ0n) is 16.7. The maximum absolute atomic E-state index is 13.1. The molecular formula is C23H24N2O3S2. The summed E-state index contributed by atoms with van der Waals surface area (Å²) >= 11 is 1.67. The molecule has 1 amide bonds. The third-order valence-corrected chi connectivity index (χ3v) is 8.31. The third kappa shape index (κ3) is 4.33. The highest BCUT2D eigenvalue weighted by molar-refractivity contribution is 7.89. The fourth-order valence-electron chi connectivity index (χ4n) is 3.62. The van der Waals surface area contributed by atoms with Crippen LogP contribution < -0.4 is 5.32 Å². The van der Waals surface area contributed by atoms with Crippen molar-refractivity contribution < 1.29 is 13.2 Å². The fraction of sp³-hybridized carbons (Fsp3) is 0.261. The van der Waals surface area contributed by atoms with Crippen LogP contribution in [0.3, 0.4) is 0 Å². The van der Waals surface area contributed by atoms with E-state index in [9.17, 15) is 13.2 Å². The van der Waals surface area contributed by atoms with E-state index in [-0.39, 0.29) is 16.7 Å². The molecule has 1 N–H and O–H groups in total. The van der Waals surface area contributed by atoms with Crippen molar-refractivity contribution in [1.82, 2.24) is 9.62 Å². The minimum Gasteiger partial charge on any atom is -0.351 e. The van der Waals surface area contributed by atoms with Gasteiger partial charge in [0.15, 0.2) is 0 Å². The number of amides is 1. The zero-order chi connectivity index (χ0) is 21.1. The third-order valence-electron chi connectivity index (χ3n) is 5.44. The summed E-state index contributed by atoms with van der Waals surface area (Å²) in [6, 6.07) is 18.3. The SMILES string of the molecule is CC(CNC(=O)c1cccc(S(=O)(=O)N2CCc3sccc3C2)c1)c1ccccc1. The molecule has 1 aromatic heterocycles. The van der Waals surface area contributed by atoms with Gasteiger partial charge in [0, 0.05) is 30.1 Å². The van der Waals surface area contributed by atoms with Crippen molar-refractivity contribution in [2.45, 2.75) is 30.7 Å². The van der Waals surface area contributed by atoms with Crippen molar-refractivity contribution in [3.05, 3.63) is 87.6 Å². The van der Waals surface area contributed by atoms with Gasteiger partial charge in [-0.05, 0) is 53.1 Å². The molecule has 0 spiro atoms. The Labute approximate surface area is 181 Å². The van der Waals surface area contributed by atoms with Gasteiger partial charge in [0.05, 0.1) is 4.90 Å². The second kappa shape index (κ2) is 8.71. The predicted molar refractivity (Wildman–Crippen MR) is 119 cm³/mol. The second-order valence-electron chi connectivity index (χ2n) is 7.51. The van der Waals surface area contributed by atoms with Crippen LogP contribution in [-0.4, -0.2) is 31.7 Å². The zero-order valence-corrected chi connectivity index (χ0v) is 18.4. The minimum atomic E-state index is -3.65. The van der Waals surface area contributed by atoms with E-state index in [0.717, 1.165) is 17.5 Å². The van der Waals surface area contributed by atoms with Crippen molar-refractivity contribution in [3.8, 4) is 0 Å². The van der Waals surface area contributed by atoms with E-state index in [2.05, 4.69) is 5.32 Å². The molecule has 7 heteroatoms. The van der Waals surface area contributed by atoms with Crippen molar-refractivity contribution in [2.24, 2.45) is 0 Å². The van der Waals surface area contributed by atoms with Gasteiger partial charge in [-0.1, -0.05) is 43.3 Å². The summed E-state index contributed by atoms with van der Waals surface area (Å²) in [7, 11) is -3.65. The lowest BCUT2D eigenvalue weighted by atomic mass is 10.0. The highest BCUT2D eigenvalue weighted by Crippen LogP contribution is 2.28. The Hall–Kier alpha value is -2.48. The average Bonchev–Trinajstić information content (AvgIpc) is 3.26. The molecule has 4 rings (SSSR count). The molecule has 0 radical (unpaired) electrons.